The first-order chi connectivity index (χ1) is 14.1. The second-order valence-electron chi connectivity index (χ2n) is 9.03. The van der Waals surface area contributed by atoms with Crippen molar-refractivity contribution in [3.05, 3.63) is 0 Å². The molecule has 7 nitrogen and oxygen atoms in total. The predicted octanol–water partition coefficient (Wildman–Crippen LogP) is 3.19. The van der Waals surface area contributed by atoms with Crippen LogP contribution in [0.1, 0.15) is 84.0 Å². The number of nitrogens with zero attached hydrogens (tertiary/aromatic N) is 2. The van der Waals surface area contributed by atoms with Crippen molar-refractivity contribution in [1.29, 1.82) is 0 Å². The summed E-state index contributed by atoms with van der Waals surface area (Å²) in [4.78, 5) is 19.3. The molecule has 166 valence electrons. The zero-order valence-electron chi connectivity index (χ0n) is 17.9. The summed E-state index contributed by atoms with van der Waals surface area (Å²) in [6.45, 7) is 2.36. The minimum Gasteiger partial charge on any atom is -0.394 e. The normalized spacial score (nSPS) is 35.2. The van der Waals surface area contributed by atoms with Crippen LogP contribution in [-0.2, 0) is 4.74 Å². The number of rotatable bonds is 3. The third kappa shape index (κ3) is 6.40. The van der Waals surface area contributed by atoms with E-state index in [0.29, 0.717) is 19.0 Å². The highest BCUT2D eigenvalue weighted by Gasteiger charge is 2.41. The van der Waals surface area contributed by atoms with Gasteiger partial charge in [-0.25, -0.2) is 4.79 Å². The van der Waals surface area contributed by atoms with Gasteiger partial charge in [-0.15, -0.1) is 0 Å². The SMILES string of the molecule is CC1CN([C@H]2C[C@H](O)[C@@H](CO)O2)C(=O)NC1=NC1CCCCCCCCCCC1. The molecule has 4 atom stereocenters. The molecule has 3 fully saturated rings. The number of ether oxygens (including phenoxy) is 1. The molecule has 0 radical (unpaired) electrons. The van der Waals surface area contributed by atoms with Gasteiger partial charge in [-0.2, -0.15) is 0 Å². The first-order valence-corrected chi connectivity index (χ1v) is 11.7. The Kier molecular flexibility index (Phi) is 8.75. The van der Waals surface area contributed by atoms with Gasteiger partial charge >= 0.3 is 6.03 Å². The van der Waals surface area contributed by atoms with E-state index in [4.69, 9.17) is 9.73 Å². The predicted molar refractivity (Wildman–Crippen MR) is 113 cm³/mol. The molecule has 0 aromatic rings. The van der Waals surface area contributed by atoms with Gasteiger partial charge in [-0.3, -0.25) is 15.2 Å². The Morgan fingerprint density at radius 2 is 1.66 bits per heavy atom. The molecule has 3 rings (SSSR count). The van der Waals surface area contributed by atoms with Crippen LogP contribution in [0, 0.1) is 5.92 Å². The lowest BCUT2D eigenvalue weighted by Crippen LogP contribution is -2.57. The average molecular weight is 410 g/mol. The van der Waals surface area contributed by atoms with Gasteiger partial charge in [0.1, 0.15) is 18.2 Å². The molecular weight excluding hydrogens is 370 g/mol. The third-order valence-corrected chi connectivity index (χ3v) is 6.56. The molecule has 3 N–H and O–H groups in total. The van der Waals surface area contributed by atoms with Gasteiger partial charge in [-0.1, -0.05) is 64.7 Å². The van der Waals surface area contributed by atoms with Crippen molar-refractivity contribution in [1.82, 2.24) is 10.2 Å². The highest BCUT2D eigenvalue weighted by molar-refractivity contribution is 6.01. The molecule has 2 amide bonds. The van der Waals surface area contributed by atoms with Crippen LogP contribution < -0.4 is 5.32 Å². The van der Waals surface area contributed by atoms with Crippen LogP contribution >= 0.6 is 0 Å². The van der Waals surface area contributed by atoms with Crippen LogP contribution in [0.3, 0.4) is 0 Å². The number of carbonyl (C=O) groups excluding carboxylic acids is 1. The Bertz CT molecular complexity index is 544. The Morgan fingerprint density at radius 3 is 2.21 bits per heavy atom. The number of hydrogen-bond acceptors (Lipinski definition) is 5. The van der Waals surface area contributed by atoms with Crippen molar-refractivity contribution in [2.24, 2.45) is 10.9 Å². The van der Waals surface area contributed by atoms with E-state index in [-0.39, 0.29) is 18.6 Å². The molecule has 1 saturated carbocycles. The number of amidine groups is 1. The van der Waals surface area contributed by atoms with Crippen LogP contribution in [0.25, 0.3) is 0 Å². The summed E-state index contributed by atoms with van der Waals surface area (Å²) < 4.78 is 5.67. The fraction of sp³-hybridized carbons (Fsp3) is 0.909. The van der Waals surface area contributed by atoms with E-state index >= 15 is 0 Å². The summed E-state index contributed by atoms with van der Waals surface area (Å²) in [6, 6.07) is 0.0767. The molecule has 2 saturated heterocycles. The van der Waals surface area contributed by atoms with Crippen molar-refractivity contribution in [3.63, 3.8) is 0 Å². The fourth-order valence-electron chi connectivity index (χ4n) is 4.72. The van der Waals surface area contributed by atoms with Crippen LogP contribution in [0.5, 0.6) is 0 Å². The summed E-state index contributed by atoms with van der Waals surface area (Å²) >= 11 is 0. The van der Waals surface area contributed by atoms with Crippen molar-refractivity contribution < 1.29 is 19.7 Å². The van der Waals surface area contributed by atoms with Crippen molar-refractivity contribution >= 4 is 11.9 Å². The van der Waals surface area contributed by atoms with Gasteiger partial charge in [0.15, 0.2) is 0 Å². The molecular formula is C22H39N3O4. The van der Waals surface area contributed by atoms with Crippen LogP contribution in [0.15, 0.2) is 4.99 Å². The minimum absolute atomic E-state index is 0.100. The van der Waals surface area contributed by atoms with Crippen molar-refractivity contribution in [2.45, 2.75) is 108 Å². The number of carbonyl (C=O) groups is 1. The van der Waals surface area contributed by atoms with Crippen LogP contribution in [0.2, 0.25) is 0 Å². The van der Waals surface area contributed by atoms with E-state index < -0.39 is 18.4 Å². The van der Waals surface area contributed by atoms with Gasteiger partial charge in [-0.05, 0) is 12.8 Å². The number of hydrogen-bond donors (Lipinski definition) is 3. The zero-order chi connectivity index (χ0) is 20.6. The molecule has 1 unspecified atom stereocenters. The lowest BCUT2D eigenvalue weighted by molar-refractivity contribution is -0.0662. The number of urea groups is 1. The monoisotopic (exact) mass is 409 g/mol. The molecule has 2 heterocycles. The molecule has 3 aliphatic rings. The van der Waals surface area contributed by atoms with E-state index in [0.717, 1.165) is 18.7 Å². The fourth-order valence-corrected chi connectivity index (χ4v) is 4.72. The summed E-state index contributed by atoms with van der Waals surface area (Å²) in [5.41, 5.74) is 0. The van der Waals surface area contributed by atoms with E-state index in [9.17, 15) is 15.0 Å². The highest BCUT2D eigenvalue weighted by atomic mass is 16.5. The first kappa shape index (κ1) is 22.5. The molecule has 0 aromatic heterocycles. The standard InChI is InChI=1S/C22H39N3O4/c1-16-14-25(20-13-18(27)19(15-26)29-20)22(28)24-21(16)23-17-11-9-7-5-3-2-4-6-8-10-12-17/h16-20,26-27H,2-15H2,1H3,(H,23,24,28)/t16?,18-,19+,20+/m0/s1. The molecule has 0 aromatic carbocycles. The number of amides is 2. The Morgan fingerprint density at radius 1 is 1.07 bits per heavy atom. The van der Waals surface area contributed by atoms with E-state index in [1.54, 1.807) is 4.90 Å². The number of aliphatic imine (C=N–C) groups is 1. The lowest BCUT2D eigenvalue weighted by atomic mass is 9.98. The number of aliphatic hydroxyl groups is 2. The average Bonchev–Trinajstić information content (AvgIpc) is 3.07. The summed E-state index contributed by atoms with van der Waals surface area (Å²) in [7, 11) is 0. The van der Waals surface area contributed by atoms with Gasteiger partial charge in [0.25, 0.3) is 0 Å². The lowest BCUT2D eigenvalue weighted by Gasteiger charge is -2.36. The quantitative estimate of drug-likeness (QED) is 0.667. The zero-order valence-corrected chi connectivity index (χ0v) is 17.9. The molecule has 2 aliphatic heterocycles. The minimum atomic E-state index is -0.737. The summed E-state index contributed by atoms with van der Waals surface area (Å²) in [6.07, 6.45) is 12.4. The third-order valence-electron chi connectivity index (χ3n) is 6.56. The maximum atomic E-state index is 12.7. The van der Waals surface area contributed by atoms with E-state index in [1.165, 1.54) is 57.8 Å². The van der Waals surface area contributed by atoms with E-state index in [1.807, 2.05) is 0 Å². The smallest absolute Gasteiger partial charge is 0.324 e. The Hall–Kier alpha value is -1.18. The van der Waals surface area contributed by atoms with E-state index in [2.05, 4.69) is 12.2 Å². The molecule has 0 bridgehead atoms. The van der Waals surface area contributed by atoms with Gasteiger partial charge < -0.3 is 14.9 Å². The van der Waals surface area contributed by atoms with Crippen LogP contribution in [0.4, 0.5) is 4.79 Å². The summed E-state index contributed by atoms with van der Waals surface area (Å²) in [5, 5.41) is 22.2. The van der Waals surface area contributed by atoms with Gasteiger partial charge in [0.05, 0.1) is 18.8 Å². The second-order valence-corrected chi connectivity index (χ2v) is 9.03. The highest BCUT2D eigenvalue weighted by Crippen LogP contribution is 2.26. The van der Waals surface area contributed by atoms with Crippen molar-refractivity contribution in [2.75, 3.05) is 13.2 Å². The summed E-state index contributed by atoms with van der Waals surface area (Å²) in [5.74, 6) is 0.892. The largest absolute Gasteiger partial charge is 0.394 e. The first-order valence-electron chi connectivity index (χ1n) is 11.7. The number of nitrogens with one attached hydrogen (secondary N) is 1. The molecule has 29 heavy (non-hydrogen) atoms. The van der Waals surface area contributed by atoms with Crippen LogP contribution in [-0.4, -0.2) is 64.6 Å². The van der Waals surface area contributed by atoms with Crippen molar-refractivity contribution in [3.8, 4) is 0 Å². The Balaban J connectivity index is 1.58. The molecule has 0 spiro atoms. The topological polar surface area (TPSA) is 94.4 Å². The second kappa shape index (κ2) is 11.3. The maximum Gasteiger partial charge on any atom is 0.324 e. The van der Waals surface area contributed by atoms with Gasteiger partial charge in [0.2, 0.25) is 0 Å². The maximum absolute atomic E-state index is 12.7. The molecule has 1 aliphatic carbocycles. The van der Waals surface area contributed by atoms with Gasteiger partial charge in [0, 0.05) is 18.9 Å². The molecule has 7 heteroatoms. The number of aliphatic hydroxyl groups excluding tert-OH is 2. The Labute approximate surface area is 174 Å².